The molecule has 3 rings (SSSR count). The Balaban J connectivity index is 1.46. The molecular formula is C21H36N4O. The third kappa shape index (κ3) is 5.93. The maximum Gasteiger partial charge on any atom is 0.129 e. The van der Waals surface area contributed by atoms with Crippen LogP contribution in [0.1, 0.15) is 48.9 Å². The lowest BCUT2D eigenvalue weighted by Gasteiger charge is -2.22. The molecule has 2 aliphatic rings. The molecule has 0 spiro atoms. The topological polar surface area (TPSA) is 49.4 Å². The van der Waals surface area contributed by atoms with Crippen LogP contribution in [-0.4, -0.2) is 62.9 Å². The van der Waals surface area contributed by atoms with Crippen molar-refractivity contribution >= 4 is 5.82 Å². The van der Waals surface area contributed by atoms with Crippen molar-refractivity contribution in [2.75, 3.05) is 52.2 Å². The van der Waals surface area contributed by atoms with Gasteiger partial charge in [-0.15, -0.1) is 0 Å². The Hall–Kier alpha value is -1.17. The SMILES string of the molecule is CN(C)CCc1cc(CCCCCO[C@@H]2CCNC2)nc2c1CCCN2. The monoisotopic (exact) mass is 360 g/mol. The van der Waals surface area contributed by atoms with Gasteiger partial charge in [-0.1, -0.05) is 6.42 Å². The van der Waals surface area contributed by atoms with Crippen molar-refractivity contribution < 1.29 is 4.74 Å². The highest BCUT2D eigenvalue weighted by Gasteiger charge is 2.16. The van der Waals surface area contributed by atoms with Crippen LogP contribution in [0.4, 0.5) is 5.82 Å². The van der Waals surface area contributed by atoms with Gasteiger partial charge in [0.05, 0.1) is 6.10 Å². The number of hydrogen-bond donors (Lipinski definition) is 2. The maximum atomic E-state index is 5.91. The Kier molecular flexibility index (Phi) is 7.71. The second-order valence-electron chi connectivity index (χ2n) is 7.98. The Morgan fingerprint density at radius 2 is 2.12 bits per heavy atom. The summed E-state index contributed by atoms with van der Waals surface area (Å²) in [5.41, 5.74) is 4.22. The lowest BCUT2D eigenvalue weighted by atomic mass is 9.97. The van der Waals surface area contributed by atoms with Crippen molar-refractivity contribution in [3.63, 3.8) is 0 Å². The van der Waals surface area contributed by atoms with Gasteiger partial charge in [0, 0.05) is 31.9 Å². The zero-order chi connectivity index (χ0) is 18.2. The van der Waals surface area contributed by atoms with Crippen LogP contribution in [0.25, 0.3) is 0 Å². The zero-order valence-corrected chi connectivity index (χ0v) is 16.6. The van der Waals surface area contributed by atoms with E-state index in [4.69, 9.17) is 9.72 Å². The molecule has 1 atom stereocenters. The minimum Gasteiger partial charge on any atom is -0.377 e. The minimum absolute atomic E-state index is 0.447. The number of hydrogen-bond acceptors (Lipinski definition) is 5. The smallest absolute Gasteiger partial charge is 0.129 e. The van der Waals surface area contributed by atoms with Crippen molar-refractivity contribution in [1.82, 2.24) is 15.2 Å². The molecule has 0 unspecified atom stereocenters. The maximum absolute atomic E-state index is 5.91. The molecule has 1 aromatic heterocycles. The molecule has 26 heavy (non-hydrogen) atoms. The van der Waals surface area contributed by atoms with Gasteiger partial charge in [0.2, 0.25) is 0 Å². The number of rotatable bonds is 10. The first-order valence-corrected chi connectivity index (χ1v) is 10.4. The van der Waals surface area contributed by atoms with Crippen molar-refractivity contribution in [3.05, 3.63) is 22.9 Å². The Morgan fingerprint density at radius 1 is 1.19 bits per heavy atom. The molecule has 0 radical (unpaired) electrons. The number of nitrogens with one attached hydrogen (secondary N) is 2. The van der Waals surface area contributed by atoms with Crippen LogP contribution in [0.5, 0.6) is 0 Å². The number of likely N-dealkylation sites (N-methyl/N-ethyl adjacent to an activating group) is 1. The first-order valence-electron chi connectivity index (χ1n) is 10.4. The summed E-state index contributed by atoms with van der Waals surface area (Å²) in [6, 6.07) is 2.37. The fraction of sp³-hybridized carbons (Fsp3) is 0.762. The van der Waals surface area contributed by atoms with Crippen LogP contribution in [0.2, 0.25) is 0 Å². The summed E-state index contributed by atoms with van der Waals surface area (Å²) in [5.74, 6) is 1.15. The molecule has 0 bridgehead atoms. The van der Waals surface area contributed by atoms with Crippen molar-refractivity contribution in [2.45, 2.75) is 57.5 Å². The van der Waals surface area contributed by atoms with Gasteiger partial charge in [-0.25, -0.2) is 4.98 Å². The first-order chi connectivity index (χ1) is 12.7. The summed E-state index contributed by atoms with van der Waals surface area (Å²) in [6.45, 7) is 5.20. The van der Waals surface area contributed by atoms with E-state index in [1.807, 2.05) is 0 Å². The highest BCUT2D eigenvalue weighted by Crippen LogP contribution is 2.26. The van der Waals surface area contributed by atoms with E-state index in [9.17, 15) is 0 Å². The minimum atomic E-state index is 0.447. The van der Waals surface area contributed by atoms with Crippen molar-refractivity contribution in [2.24, 2.45) is 0 Å². The number of fused-ring (bicyclic) bond motifs is 1. The molecule has 3 heterocycles. The molecule has 0 saturated carbocycles. The van der Waals surface area contributed by atoms with E-state index in [-0.39, 0.29) is 0 Å². The molecule has 5 heteroatoms. The van der Waals surface area contributed by atoms with Gasteiger partial charge in [-0.3, -0.25) is 0 Å². The first kappa shape index (κ1) is 19.6. The summed E-state index contributed by atoms with van der Waals surface area (Å²) < 4.78 is 5.91. The van der Waals surface area contributed by atoms with Gasteiger partial charge in [0.1, 0.15) is 5.82 Å². The normalized spacial score (nSPS) is 19.6. The average molecular weight is 361 g/mol. The van der Waals surface area contributed by atoms with Gasteiger partial charge >= 0.3 is 0 Å². The molecule has 0 amide bonds. The zero-order valence-electron chi connectivity index (χ0n) is 16.6. The molecule has 5 nitrogen and oxygen atoms in total. The number of ether oxygens (including phenoxy) is 1. The lowest BCUT2D eigenvalue weighted by molar-refractivity contribution is 0.0642. The molecule has 2 N–H and O–H groups in total. The van der Waals surface area contributed by atoms with Gasteiger partial charge in [-0.05, 0) is 82.8 Å². The van der Waals surface area contributed by atoms with E-state index in [0.29, 0.717) is 6.10 Å². The summed E-state index contributed by atoms with van der Waals surface area (Å²) in [7, 11) is 4.30. The second kappa shape index (κ2) is 10.2. The van der Waals surface area contributed by atoms with Crippen LogP contribution in [0.15, 0.2) is 6.07 Å². The molecule has 0 aromatic carbocycles. The Labute approximate surface area is 158 Å². The molecule has 1 fully saturated rings. The number of unbranched alkanes of at least 4 members (excludes halogenated alkanes) is 2. The molecule has 0 aliphatic carbocycles. The molecule has 2 aliphatic heterocycles. The van der Waals surface area contributed by atoms with Crippen LogP contribution in [0, 0.1) is 0 Å². The van der Waals surface area contributed by atoms with E-state index in [2.05, 4.69) is 35.7 Å². The van der Waals surface area contributed by atoms with E-state index >= 15 is 0 Å². The van der Waals surface area contributed by atoms with E-state index in [1.165, 1.54) is 48.9 Å². The predicted octanol–water partition coefficient (Wildman–Crippen LogP) is 2.64. The standard InChI is InChI=1S/C21H36N4O/c1-25(2)13-10-17-15-18(24-21-20(17)8-6-11-23-21)7-4-3-5-14-26-19-9-12-22-16-19/h15,19,22H,3-14,16H2,1-2H3,(H,23,24)/t19-/m1/s1. The number of nitrogens with zero attached hydrogens (tertiary/aromatic N) is 2. The Bertz CT molecular complexity index is 555. The van der Waals surface area contributed by atoms with Gasteiger partial charge in [0.15, 0.2) is 0 Å². The number of pyridine rings is 1. The summed E-state index contributed by atoms with van der Waals surface area (Å²) in [4.78, 5) is 7.18. The van der Waals surface area contributed by atoms with Crippen molar-refractivity contribution in [1.29, 1.82) is 0 Å². The van der Waals surface area contributed by atoms with E-state index in [0.717, 1.165) is 57.9 Å². The molecular weight excluding hydrogens is 324 g/mol. The van der Waals surface area contributed by atoms with Crippen LogP contribution in [-0.2, 0) is 24.0 Å². The van der Waals surface area contributed by atoms with E-state index in [1.54, 1.807) is 0 Å². The third-order valence-electron chi connectivity index (χ3n) is 5.44. The van der Waals surface area contributed by atoms with Crippen LogP contribution >= 0.6 is 0 Å². The van der Waals surface area contributed by atoms with E-state index < -0.39 is 0 Å². The number of aromatic nitrogens is 1. The highest BCUT2D eigenvalue weighted by atomic mass is 16.5. The largest absolute Gasteiger partial charge is 0.377 e. The quantitative estimate of drug-likeness (QED) is 0.628. The average Bonchev–Trinajstić information content (AvgIpc) is 3.16. The molecule has 1 saturated heterocycles. The van der Waals surface area contributed by atoms with Crippen molar-refractivity contribution in [3.8, 4) is 0 Å². The van der Waals surface area contributed by atoms with Gasteiger partial charge < -0.3 is 20.3 Å². The van der Waals surface area contributed by atoms with Gasteiger partial charge in [-0.2, -0.15) is 0 Å². The van der Waals surface area contributed by atoms with Gasteiger partial charge in [0.25, 0.3) is 0 Å². The second-order valence-corrected chi connectivity index (χ2v) is 7.98. The Morgan fingerprint density at radius 3 is 2.92 bits per heavy atom. The van der Waals surface area contributed by atoms with Crippen LogP contribution in [0.3, 0.4) is 0 Å². The summed E-state index contributed by atoms with van der Waals surface area (Å²) in [6.07, 6.45) is 9.79. The summed E-state index contributed by atoms with van der Waals surface area (Å²) in [5, 5.41) is 6.87. The highest BCUT2D eigenvalue weighted by molar-refractivity contribution is 5.51. The predicted molar refractivity (Wildman–Crippen MR) is 108 cm³/mol. The third-order valence-corrected chi connectivity index (χ3v) is 5.44. The lowest BCUT2D eigenvalue weighted by Crippen LogP contribution is -2.20. The molecule has 1 aromatic rings. The van der Waals surface area contributed by atoms with Crippen LogP contribution < -0.4 is 10.6 Å². The molecule has 146 valence electrons. The summed E-state index contributed by atoms with van der Waals surface area (Å²) >= 11 is 0. The fourth-order valence-electron chi connectivity index (χ4n) is 3.88. The fourth-order valence-corrected chi connectivity index (χ4v) is 3.88. The number of anilines is 1. The number of aryl methyl sites for hydroxylation is 1.